The van der Waals surface area contributed by atoms with Crippen molar-refractivity contribution in [3.63, 3.8) is 0 Å². The number of ether oxygens (including phenoxy) is 1. The van der Waals surface area contributed by atoms with E-state index < -0.39 is 5.63 Å². The van der Waals surface area contributed by atoms with E-state index in [9.17, 15) is 4.79 Å². The molecule has 6 nitrogen and oxygen atoms in total. The maximum Gasteiger partial charge on any atom is 0.346 e. The van der Waals surface area contributed by atoms with Crippen molar-refractivity contribution >= 4 is 34.0 Å². The summed E-state index contributed by atoms with van der Waals surface area (Å²) in [5, 5.41) is 1.02. The van der Waals surface area contributed by atoms with Gasteiger partial charge in [-0.05, 0) is 12.1 Å². The molecule has 0 bridgehead atoms. The fourth-order valence-corrected chi connectivity index (χ4v) is 1.82. The van der Waals surface area contributed by atoms with Gasteiger partial charge in [-0.1, -0.05) is 17.7 Å². The predicted molar refractivity (Wildman–Crippen MR) is 69.5 cm³/mol. The van der Waals surface area contributed by atoms with E-state index in [1.165, 1.54) is 13.2 Å². The van der Waals surface area contributed by atoms with Gasteiger partial charge in [0, 0.05) is 5.39 Å². The van der Waals surface area contributed by atoms with E-state index >= 15 is 0 Å². The van der Waals surface area contributed by atoms with Crippen LogP contribution in [0.1, 0.15) is 0 Å². The first-order valence-electron chi connectivity index (χ1n) is 4.93. The summed E-state index contributed by atoms with van der Waals surface area (Å²) in [7, 11) is 1.36. The molecule has 0 unspecified atom stereocenters. The zero-order valence-electron chi connectivity index (χ0n) is 9.44. The number of hydrogen-bond donors (Lipinski definition) is 2. The Balaban J connectivity index is 2.76. The minimum Gasteiger partial charge on any atom is -0.467 e. The van der Waals surface area contributed by atoms with Crippen LogP contribution in [0, 0.1) is 0 Å². The first-order chi connectivity index (χ1) is 8.52. The summed E-state index contributed by atoms with van der Waals surface area (Å²) in [5.74, 6) is -0.123. The van der Waals surface area contributed by atoms with Crippen LogP contribution >= 0.6 is 11.6 Å². The Bertz CT molecular complexity index is 690. The topological polar surface area (TPSA) is 104 Å². The predicted octanol–water partition coefficient (Wildman–Crippen LogP) is 1.36. The van der Waals surface area contributed by atoms with Crippen molar-refractivity contribution in [3.05, 3.63) is 33.6 Å². The van der Waals surface area contributed by atoms with Gasteiger partial charge < -0.3 is 20.6 Å². The second-order valence-electron chi connectivity index (χ2n) is 3.46. The lowest BCUT2D eigenvalue weighted by Gasteiger charge is -2.04. The Morgan fingerprint density at radius 3 is 2.72 bits per heavy atom. The minimum atomic E-state index is -0.570. The number of hydrogen-bond acceptors (Lipinski definition) is 4. The molecule has 18 heavy (non-hydrogen) atoms. The summed E-state index contributed by atoms with van der Waals surface area (Å²) >= 11 is 6.03. The molecule has 0 radical (unpaired) electrons. The highest BCUT2D eigenvalue weighted by Crippen LogP contribution is 2.31. The fourth-order valence-electron chi connectivity index (χ4n) is 1.54. The van der Waals surface area contributed by atoms with Crippen LogP contribution in [0.4, 0.5) is 5.69 Å². The number of methoxy groups -OCH3 is 1. The monoisotopic (exact) mass is 267 g/mol. The summed E-state index contributed by atoms with van der Waals surface area (Å²) in [6, 6.07) is 4.75. The Labute approximate surface area is 107 Å². The molecular formula is C11H10ClN3O3. The van der Waals surface area contributed by atoms with Crippen LogP contribution in [0.3, 0.4) is 0 Å². The van der Waals surface area contributed by atoms with Crippen LogP contribution in [0.15, 0.2) is 32.4 Å². The average Bonchev–Trinajstić information content (AvgIpc) is 2.33. The number of fused-ring (bicyclic) bond motifs is 1. The van der Waals surface area contributed by atoms with Crippen molar-refractivity contribution in [1.82, 2.24) is 0 Å². The van der Waals surface area contributed by atoms with Crippen LogP contribution in [0.2, 0.25) is 5.02 Å². The molecular weight excluding hydrogens is 258 g/mol. The molecule has 0 saturated carbocycles. The van der Waals surface area contributed by atoms with Gasteiger partial charge in [-0.3, -0.25) is 0 Å². The summed E-state index contributed by atoms with van der Waals surface area (Å²) in [6.45, 7) is 0. The van der Waals surface area contributed by atoms with Crippen LogP contribution in [0.5, 0.6) is 5.95 Å². The lowest BCUT2D eigenvalue weighted by atomic mass is 10.1. The summed E-state index contributed by atoms with van der Waals surface area (Å²) in [5.41, 5.74) is 10.4. The van der Waals surface area contributed by atoms with Crippen LogP contribution in [-0.2, 0) is 0 Å². The van der Waals surface area contributed by atoms with E-state index in [-0.39, 0.29) is 22.3 Å². The van der Waals surface area contributed by atoms with Gasteiger partial charge >= 0.3 is 11.6 Å². The standard InChI is InChI=1S/C11H10ClN3O3/c1-17-10-8(12)6-3-2-5(15-11(13)14)4-7(6)9(16)18-10/h2-4H,1H3,(H4,13,14,15). The molecule has 4 N–H and O–H groups in total. The van der Waals surface area contributed by atoms with E-state index in [1.54, 1.807) is 12.1 Å². The third-order valence-corrected chi connectivity index (χ3v) is 2.63. The first-order valence-corrected chi connectivity index (χ1v) is 5.30. The number of guanidine groups is 1. The van der Waals surface area contributed by atoms with Crippen molar-refractivity contribution in [3.8, 4) is 5.95 Å². The molecule has 0 atom stereocenters. The highest BCUT2D eigenvalue weighted by Gasteiger charge is 2.12. The number of nitrogens with two attached hydrogens (primary N) is 2. The molecule has 1 aromatic carbocycles. The summed E-state index contributed by atoms with van der Waals surface area (Å²) in [6.07, 6.45) is 0. The second kappa shape index (κ2) is 4.58. The first kappa shape index (κ1) is 12.3. The fraction of sp³-hybridized carbons (Fsp3) is 0.0909. The van der Waals surface area contributed by atoms with E-state index in [2.05, 4.69) is 4.99 Å². The highest BCUT2D eigenvalue weighted by molar-refractivity contribution is 6.36. The molecule has 1 aromatic heterocycles. The van der Waals surface area contributed by atoms with Crippen molar-refractivity contribution in [2.24, 2.45) is 16.5 Å². The minimum absolute atomic E-state index is 0.0243. The van der Waals surface area contributed by atoms with Crippen molar-refractivity contribution in [2.75, 3.05) is 7.11 Å². The molecule has 94 valence electrons. The molecule has 1 heterocycles. The Morgan fingerprint density at radius 2 is 2.11 bits per heavy atom. The molecule has 0 aliphatic heterocycles. The number of halogens is 1. The second-order valence-corrected chi connectivity index (χ2v) is 3.84. The molecule has 0 aliphatic rings. The van der Waals surface area contributed by atoms with Gasteiger partial charge in [0.25, 0.3) is 0 Å². The molecule has 0 amide bonds. The summed E-state index contributed by atoms with van der Waals surface area (Å²) < 4.78 is 9.77. The molecule has 0 saturated heterocycles. The van der Waals surface area contributed by atoms with Gasteiger partial charge in [-0.2, -0.15) is 0 Å². The molecule has 2 aromatic rings. The summed E-state index contributed by atoms with van der Waals surface area (Å²) in [4.78, 5) is 15.6. The third-order valence-electron chi connectivity index (χ3n) is 2.27. The lowest BCUT2D eigenvalue weighted by molar-refractivity contribution is 0.289. The van der Waals surface area contributed by atoms with Gasteiger partial charge in [0.2, 0.25) is 0 Å². The zero-order valence-corrected chi connectivity index (χ0v) is 10.2. The van der Waals surface area contributed by atoms with Crippen LogP contribution in [-0.4, -0.2) is 13.1 Å². The lowest BCUT2D eigenvalue weighted by Crippen LogP contribution is -2.21. The van der Waals surface area contributed by atoms with Crippen LogP contribution < -0.4 is 21.8 Å². The maximum atomic E-state index is 11.7. The van der Waals surface area contributed by atoms with E-state index in [0.29, 0.717) is 11.1 Å². The zero-order chi connectivity index (χ0) is 13.3. The molecule has 2 rings (SSSR count). The van der Waals surface area contributed by atoms with E-state index in [4.69, 9.17) is 32.2 Å². The molecule has 7 heteroatoms. The average molecular weight is 268 g/mol. The Hall–Kier alpha value is -2.21. The molecule has 0 spiro atoms. The Kier molecular flexibility index (Phi) is 3.12. The highest BCUT2D eigenvalue weighted by atomic mass is 35.5. The van der Waals surface area contributed by atoms with Gasteiger partial charge in [0.05, 0.1) is 18.2 Å². The smallest absolute Gasteiger partial charge is 0.346 e. The number of rotatable bonds is 2. The van der Waals surface area contributed by atoms with E-state index in [0.717, 1.165) is 0 Å². The van der Waals surface area contributed by atoms with Crippen LogP contribution in [0.25, 0.3) is 10.8 Å². The number of nitrogens with zero attached hydrogens (tertiary/aromatic N) is 1. The van der Waals surface area contributed by atoms with Gasteiger partial charge in [0.1, 0.15) is 5.02 Å². The van der Waals surface area contributed by atoms with Gasteiger partial charge in [0.15, 0.2) is 5.96 Å². The van der Waals surface area contributed by atoms with Crippen molar-refractivity contribution < 1.29 is 9.15 Å². The van der Waals surface area contributed by atoms with Crippen molar-refractivity contribution in [2.45, 2.75) is 0 Å². The van der Waals surface area contributed by atoms with E-state index in [1.807, 2.05) is 0 Å². The van der Waals surface area contributed by atoms with Crippen molar-refractivity contribution in [1.29, 1.82) is 0 Å². The Morgan fingerprint density at radius 1 is 1.39 bits per heavy atom. The third kappa shape index (κ3) is 2.10. The van der Waals surface area contributed by atoms with Gasteiger partial charge in [-0.15, -0.1) is 0 Å². The molecule has 0 aliphatic carbocycles. The maximum absolute atomic E-state index is 11.7. The molecule has 0 fully saturated rings. The largest absolute Gasteiger partial charge is 0.467 e. The quantitative estimate of drug-likeness (QED) is 0.631. The number of benzene rings is 1. The normalized spacial score (nSPS) is 10.3. The number of aliphatic imine (C=N–C) groups is 1. The SMILES string of the molecule is COc1oc(=O)c2cc(N=C(N)N)ccc2c1Cl. The van der Waals surface area contributed by atoms with Gasteiger partial charge in [-0.25, -0.2) is 9.79 Å².